The van der Waals surface area contributed by atoms with E-state index in [4.69, 9.17) is 4.74 Å². The van der Waals surface area contributed by atoms with Crippen LogP contribution in [0.25, 0.3) is 0 Å². The van der Waals surface area contributed by atoms with E-state index in [1.165, 1.54) is 13.3 Å². The number of hydrogen-bond acceptors (Lipinski definition) is 4. The molecule has 0 spiro atoms. The monoisotopic (exact) mass is 281 g/mol. The Hall–Kier alpha value is -2.02. The molecule has 1 aromatic heterocycles. The first-order valence-corrected chi connectivity index (χ1v) is 7.10. The molecule has 0 aliphatic heterocycles. The average molecular weight is 281 g/mol. The third-order valence-electron chi connectivity index (χ3n) is 2.67. The number of aryl methyl sites for hydroxylation is 2. The van der Waals surface area contributed by atoms with Crippen LogP contribution in [0.4, 0.5) is 5.69 Å². The fraction of sp³-hybridized carbons (Fsp3) is 0.250. The second kappa shape index (κ2) is 4.93. The third kappa shape index (κ3) is 2.70. The maximum Gasteiger partial charge on any atom is 0.265 e. The SMILES string of the molecule is COc1cc(C)ccc1NS(=O)(=O)c1cn[nH]c1C. The lowest BCUT2D eigenvalue weighted by Crippen LogP contribution is -2.14. The summed E-state index contributed by atoms with van der Waals surface area (Å²) in [5.41, 5.74) is 1.87. The predicted octanol–water partition coefficient (Wildman–Crippen LogP) is 1.84. The van der Waals surface area contributed by atoms with Gasteiger partial charge in [-0.15, -0.1) is 0 Å². The molecule has 1 heterocycles. The summed E-state index contributed by atoms with van der Waals surface area (Å²) >= 11 is 0. The van der Waals surface area contributed by atoms with Gasteiger partial charge in [-0.2, -0.15) is 5.10 Å². The number of benzene rings is 1. The summed E-state index contributed by atoms with van der Waals surface area (Å²) in [4.78, 5) is 0.120. The molecule has 2 N–H and O–H groups in total. The van der Waals surface area contributed by atoms with Crippen LogP contribution in [0.2, 0.25) is 0 Å². The number of anilines is 1. The van der Waals surface area contributed by atoms with E-state index >= 15 is 0 Å². The van der Waals surface area contributed by atoms with Crippen LogP contribution in [-0.4, -0.2) is 25.7 Å². The lowest BCUT2D eigenvalue weighted by Gasteiger charge is -2.11. The molecule has 0 aliphatic carbocycles. The van der Waals surface area contributed by atoms with Gasteiger partial charge in [0.25, 0.3) is 10.0 Å². The smallest absolute Gasteiger partial charge is 0.265 e. The quantitative estimate of drug-likeness (QED) is 0.895. The lowest BCUT2D eigenvalue weighted by molar-refractivity contribution is 0.416. The zero-order valence-corrected chi connectivity index (χ0v) is 11.7. The summed E-state index contributed by atoms with van der Waals surface area (Å²) in [7, 11) is -2.17. The fourth-order valence-electron chi connectivity index (χ4n) is 1.69. The van der Waals surface area contributed by atoms with E-state index in [0.29, 0.717) is 17.1 Å². The van der Waals surface area contributed by atoms with E-state index in [1.807, 2.05) is 13.0 Å². The maximum atomic E-state index is 12.2. The van der Waals surface area contributed by atoms with Crippen LogP contribution in [0.5, 0.6) is 5.75 Å². The highest BCUT2D eigenvalue weighted by Crippen LogP contribution is 2.28. The highest BCUT2D eigenvalue weighted by atomic mass is 32.2. The highest BCUT2D eigenvalue weighted by molar-refractivity contribution is 7.92. The first kappa shape index (κ1) is 13.4. The third-order valence-corrected chi connectivity index (χ3v) is 4.15. The summed E-state index contributed by atoms with van der Waals surface area (Å²) in [5, 5.41) is 6.31. The first-order chi connectivity index (χ1) is 8.94. The highest BCUT2D eigenvalue weighted by Gasteiger charge is 2.20. The van der Waals surface area contributed by atoms with Crippen molar-refractivity contribution in [3.8, 4) is 5.75 Å². The molecule has 0 radical (unpaired) electrons. The number of nitrogens with zero attached hydrogens (tertiary/aromatic N) is 1. The van der Waals surface area contributed by atoms with Gasteiger partial charge in [0.2, 0.25) is 0 Å². The van der Waals surface area contributed by atoms with Crippen LogP contribution in [0.15, 0.2) is 29.3 Å². The minimum Gasteiger partial charge on any atom is -0.495 e. The number of H-pyrrole nitrogens is 1. The molecule has 2 rings (SSSR count). The molecule has 0 fully saturated rings. The Morgan fingerprint density at radius 3 is 2.63 bits per heavy atom. The summed E-state index contributed by atoms with van der Waals surface area (Å²) in [5.74, 6) is 0.477. The lowest BCUT2D eigenvalue weighted by atomic mass is 10.2. The van der Waals surface area contributed by atoms with Crippen LogP contribution in [0.3, 0.4) is 0 Å². The van der Waals surface area contributed by atoms with Crippen LogP contribution < -0.4 is 9.46 Å². The number of hydrogen-bond donors (Lipinski definition) is 2. The molecule has 19 heavy (non-hydrogen) atoms. The van der Waals surface area contributed by atoms with Gasteiger partial charge in [0.05, 0.1) is 24.7 Å². The Bertz CT molecular complexity index is 692. The number of nitrogens with one attached hydrogen (secondary N) is 2. The number of aromatic amines is 1. The maximum absolute atomic E-state index is 12.2. The number of methoxy groups -OCH3 is 1. The van der Waals surface area contributed by atoms with Gasteiger partial charge in [-0.1, -0.05) is 6.07 Å². The van der Waals surface area contributed by atoms with Crippen molar-refractivity contribution in [1.82, 2.24) is 10.2 Å². The van der Waals surface area contributed by atoms with Crippen LogP contribution in [-0.2, 0) is 10.0 Å². The van der Waals surface area contributed by atoms with Crippen molar-refractivity contribution in [1.29, 1.82) is 0 Å². The molecule has 6 nitrogen and oxygen atoms in total. The fourth-order valence-corrected chi connectivity index (χ4v) is 2.90. The zero-order chi connectivity index (χ0) is 14.0. The van der Waals surface area contributed by atoms with Crippen LogP contribution in [0, 0.1) is 13.8 Å². The molecule has 1 aromatic carbocycles. The minimum absolute atomic E-state index is 0.120. The molecular formula is C12H15N3O3S. The first-order valence-electron chi connectivity index (χ1n) is 5.61. The summed E-state index contributed by atoms with van der Waals surface area (Å²) in [6.45, 7) is 3.55. The van der Waals surface area contributed by atoms with Gasteiger partial charge in [0.1, 0.15) is 10.6 Å². The number of ether oxygens (including phenoxy) is 1. The molecule has 2 aromatic rings. The van der Waals surface area contributed by atoms with Gasteiger partial charge >= 0.3 is 0 Å². The largest absolute Gasteiger partial charge is 0.495 e. The normalized spacial score (nSPS) is 11.3. The van der Waals surface area contributed by atoms with Crippen LogP contribution in [0.1, 0.15) is 11.3 Å². The van der Waals surface area contributed by atoms with Crippen molar-refractivity contribution in [2.24, 2.45) is 0 Å². The van der Waals surface area contributed by atoms with Crippen molar-refractivity contribution in [3.63, 3.8) is 0 Å². The molecule has 0 unspecified atom stereocenters. The molecule has 7 heteroatoms. The van der Waals surface area contributed by atoms with E-state index in [1.54, 1.807) is 19.1 Å². The summed E-state index contributed by atoms with van der Waals surface area (Å²) < 4.78 is 32.1. The van der Waals surface area contributed by atoms with Crippen molar-refractivity contribution in [2.75, 3.05) is 11.8 Å². The van der Waals surface area contributed by atoms with Gasteiger partial charge in [-0.25, -0.2) is 8.42 Å². The second-order valence-electron chi connectivity index (χ2n) is 4.17. The van der Waals surface area contributed by atoms with E-state index in [9.17, 15) is 8.42 Å². The molecule has 0 atom stereocenters. The topological polar surface area (TPSA) is 84.1 Å². The van der Waals surface area contributed by atoms with Gasteiger partial charge in [-0.05, 0) is 31.5 Å². The van der Waals surface area contributed by atoms with Gasteiger partial charge < -0.3 is 4.74 Å². The zero-order valence-electron chi connectivity index (χ0n) is 10.9. The Morgan fingerprint density at radius 2 is 2.05 bits per heavy atom. The molecule has 0 saturated heterocycles. The Labute approximate surface area is 111 Å². The Morgan fingerprint density at radius 1 is 1.32 bits per heavy atom. The molecule has 0 saturated carbocycles. The van der Waals surface area contributed by atoms with Crippen LogP contribution >= 0.6 is 0 Å². The van der Waals surface area contributed by atoms with Crippen molar-refractivity contribution in [2.45, 2.75) is 18.7 Å². The van der Waals surface area contributed by atoms with E-state index in [-0.39, 0.29) is 4.90 Å². The van der Waals surface area contributed by atoms with Crippen molar-refractivity contribution in [3.05, 3.63) is 35.7 Å². The van der Waals surface area contributed by atoms with Crippen molar-refractivity contribution >= 4 is 15.7 Å². The summed E-state index contributed by atoms with van der Waals surface area (Å²) in [6.07, 6.45) is 1.28. The predicted molar refractivity (Wildman–Crippen MR) is 71.9 cm³/mol. The molecule has 0 bridgehead atoms. The van der Waals surface area contributed by atoms with E-state index in [0.717, 1.165) is 5.56 Å². The average Bonchev–Trinajstić information content (AvgIpc) is 2.78. The molecule has 102 valence electrons. The molecule has 0 aliphatic rings. The minimum atomic E-state index is -3.67. The molecule has 0 amide bonds. The van der Waals surface area contributed by atoms with E-state index < -0.39 is 10.0 Å². The van der Waals surface area contributed by atoms with E-state index in [2.05, 4.69) is 14.9 Å². The summed E-state index contributed by atoms with van der Waals surface area (Å²) in [6, 6.07) is 5.24. The Kier molecular flexibility index (Phi) is 3.48. The number of rotatable bonds is 4. The van der Waals surface area contributed by atoms with Gasteiger partial charge in [0.15, 0.2) is 0 Å². The molecular weight excluding hydrogens is 266 g/mol. The number of sulfonamides is 1. The second-order valence-corrected chi connectivity index (χ2v) is 5.82. The van der Waals surface area contributed by atoms with Gasteiger partial charge in [0, 0.05) is 0 Å². The standard InChI is InChI=1S/C12H15N3O3S/c1-8-4-5-10(11(6-8)18-3)15-19(16,17)12-7-13-14-9(12)2/h4-7,15H,1-3H3,(H,13,14). The number of aromatic nitrogens is 2. The van der Waals surface area contributed by atoms with Crippen molar-refractivity contribution < 1.29 is 13.2 Å². The Balaban J connectivity index is 2.39. The van der Waals surface area contributed by atoms with Gasteiger partial charge in [-0.3, -0.25) is 9.82 Å².